The second kappa shape index (κ2) is 14.1. The van der Waals surface area contributed by atoms with E-state index < -0.39 is 11.5 Å². The summed E-state index contributed by atoms with van der Waals surface area (Å²) in [6.07, 6.45) is 8.67. The number of fused-ring (bicyclic) bond motifs is 1. The lowest BCUT2D eigenvalue weighted by Crippen LogP contribution is -2.34. The van der Waals surface area contributed by atoms with Crippen LogP contribution in [0.3, 0.4) is 0 Å². The second-order valence-corrected chi connectivity index (χ2v) is 12.9. The molecular weight excluding hydrogens is 585 g/mol. The number of hydrogen-bond donors (Lipinski definition) is 4. The number of amidine groups is 1. The summed E-state index contributed by atoms with van der Waals surface area (Å²) in [6.45, 7) is 3.98. The summed E-state index contributed by atoms with van der Waals surface area (Å²) in [7, 11) is 0. The van der Waals surface area contributed by atoms with Crippen molar-refractivity contribution in [2.75, 3.05) is 18.8 Å². The zero-order valence-electron chi connectivity index (χ0n) is 24.4. The number of H-pyrrole nitrogens is 1. The smallest absolute Gasteiger partial charge is 0.354 e. The van der Waals surface area contributed by atoms with Crippen molar-refractivity contribution in [3.63, 3.8) is 0 Å². The molecule has 2 aromatic heterocycles. The predicted octanol–water partition coefficient (Wildman–Crippen LogP) is 6.39. The molecule has 5 rings (SSSR count). The Morgan fingerprint density at radius 2 is 2.02 bits per heavy atom. The number of nitrogens with two attached hydrogens (primary N) is 2. The zero-order chi connectivity index (χ0) is 30.5. The van der Waals surface area contributed by atoms with Crippen molar-refractivity contribution in [3.05, 3.63) is 81.1 Å². The van der Waals surface area contributed by atoms with Crippen molar-refractivity contribution in [1.29, 1.82) is 5.41 Å². The molecule has 6 N–H and O–H groups in total. The molecule has 1 aliphatic rings. The van der Waals surface area contributed by atoms with E-state index in [9.17, 15) is 4.79 Å². The normalized spacial score (nSPS) is 16.5. The summed E-state index contributed by atoms with van der Waals surface area (Å²) in [5.74, 6) is 0.333. The number of likely N-dealkylation sites (tertiary alicyclic amines) is 1. The zero-order valence-corrected chi connectivity index (χ0v) is 26.0. The summed E-state index contributed by atoms with van der Waals surface area (Å²) < 4.78 is 16.7. The minimum absolute atomic E-state index is 0.0612. The van der Waals surface area contributed by atoms with Crippen LogP contribution in [0.5, 0.6) is 0 Å². The number of aromatic nitrogens is 3. The molecule has 0 radical (unpaired) electrons. The first-order valence-corrected chi connectivity index (χ1v) is 16.2. The van der Waals surface area contributed by atoms with Crippen molar-refractivity contribution in [3.8, 4) is 16.9 Å². The summed E-state index contributed by atoms with van der Waals surface area (Å²) in [5.41, 5.74) is 15.1. The van der Waals surface area contributed by atoms with Gasteiger partial charge in [-0.2, -0.15) is 4.98 Å². The average molecular weight is 624 g/mol. The quantitative estimate of drug-likeness (QED) is 0.0870. The summed E-state index contributed by atoms with van der Waals surface area (Å²) >= 11 is 7.65. The topological polar surface area (TPSA) is 130 Å². The standard InChI is InChI=1S/C32H39ClFN7OS/c1-20(35)6-4-7-21-16-25(29(34)26(33)17-21)27-18-23-19-41(32(42)39-30(23)38-27)24-11-9-22(10-12-24)28-8-2-3-13-40(28)14-5-15-43-31(36)37/h9-12,16-20,28H,2-8,13-15,35H2,1H3,(H3,36,37)(H,38,39,42)/t20-,28-/m0/s1. The van der Waals surface area contributed by atoms with Crippen molar-refractivity contribution in [2.45, 2.75) is 64.0 Å². The van der Waals surface area contributed by atoms with E-state index in [4.69, 9.17) is 28.5 Å². The Hall–Kier alpha value is -3.18. The summed E-state index contributed by atoms with van der Waals surface area (Å²) in [6, 6.07) is 13.8. The number of rotatable bonds is 11. The highest BCUT2D eigenvalue weighted by atomic mass is 35.5. The lowest BCUT2D eigenvalue weighted by molar-refractivity contribution is 0.149. The molecule has 228 valence electrons. The van der Waals surface area contributed by atoms with Crippen LogP contribution in [0.15, 0.2) is 53.5 Å². The molecule has 2 atom stereocenters. The first kappa shape index (κ1) is 31.3. The van der Waals surface area contributed by atoms with E-state index in [1.54, 1.807) is 24.4 Å². The fourth-order valence-corrected chi connectivity index (χ4v) is 6.62. The third-order valence-electron chi connectivity index (χ3n) is 8.03. The Morgan fingerprint density at radius 3 is 2.77 bits per heavy atom. The Balaban J connectivity index is 1.36. The highest BCUT2D eigenvalue weighted by Crippen LogP contribution is 2.33. The Kier molecular flexibility index (Phi) is 10.2. The number of nitrogens with one attached hydrogen (secondary N) is 2. The van der Waals surface area contributed by atoms with E-state index in [-0.39, 0.29) is 16.2 Å². The van der Waals surface area contributed by atoms with Crippen LogP contribution in [-0.4, -0.2) is 49.5 Å². The SMILES string of the molecule is C[C@H](N)CCCc1cc(Cl)c(F)c(-c2cc3cn(-c4ccc([C@@H]5CCCCN5CCCSC(=N)N)cc4)c(=O)nc3[nH]2)c1. The number of aryl methyl sites for hydroxylation is 1. The Bertz CT molecular complexity index is 1640. The molecule has 0 bridgehead atoms. The van der Waals surface area contributed by atoms with Crippen molar-refractivity contribution in [1.82, 2.24) is 19.4 Å². The van der Waals surface area contributed by atoms with Crippen LogP contribution in [0.2, 0.25) is 5.02 Å². The molecule has 0 spiro atoms. The minimum atomic E-state index is -0.510. The predicted molar refractivity (Wildman–Crippen MR) is 176 cm³/mol. The van der Waals surface area contributed by atoms with E-state index in [0.717, 1.165) is 62.2 Å². The minimum Gasteiger partial charge on any atom is -0.379 e. The van der Waals surface area contributed by atoms with Crippen LogP contribution in [-0.2, 0) is 6.42 Å². The van der Waals surface area contributed by atoms with Crippen molar-refractivity contribution < 1.29 is 4.39 Å². The first-order valence-electron chi connectivity index (χ1n) is 14.9. The summed E-state index contributed by atoms with van der Waals surface area (Å²) in [4.78, 5) is 23.0. The van der Waals surface area contributed by atoms with Crippen LogP contribution < -0.4 is 17.2 Å². The fourth-order valence-electron chi connectivity index (χ4n) is 5.88. The molecule has 1 saturated heterocycles. The molecule has 1 fully saturated rings. The fraction of sp³-hybridized carbons (Fsp3) is 0.406. The molecule has 4 aromatic rings. The van der Waals surface area contributed by atoms with Gasteiger partial charge in [0.05, 0.1) is 16.4 Å². The number of halogens is 2. The number of piperidine rings is 1. The van der Waals surface area contributed by atoms with E-state index in [2.05, 4.69) is 27.0 Å². The maximum atomic E-state index is 15.1. The number of benzene rings is 2. The van der Waals surface area contributed by atoms with Gasteiger partial charge in [-0.1, -0.05) is 41.9 Å². The van der Waals surface area contributed by atoms with E-state index in [1.165, 1.54) is 34.7 Å². The maximum absolute atomic E-state index is 15.1. The molecule has 8 nitrogen and oxygen atoms in total. The van der Waals surface area contributed by atoms with Crippen molar-refractivity contribution in [2.24, 2.45) is 11.5 Å². The van der Waals surface area contributed by atoms with Gasteiger partial charge in [-0.15, -0.1) is 0 Å². The largest absolute Gasteiger partial charge is 0.379 e. The molecule has 3 heterocycles. The average Bonchev–Trinajstić information content (AvgIpc) is 3.39. The molecular formula is C32H39ClFN7OS. The summed E-state index contributed by atoms with van der Waals surface area (Å²) in [5, 5.41) is 8.33. The van der Waals surface area contributed by atoms with Gasteiger partial charge in [0.2, 0.25) is 0 Å². The van der Waals surface area contributed by atoms with Gasteiger partial charge in [0.1, 0.15) is 5.65 Å². The Morgan fingerprint density at radius 1 is 1.23 bits per heavy atom. The van der Waals surface area contributed by atoms with Crippen LogP contribution >= 0.6 is 23.4 Å². The molecule has 0 aliphatic carbocycles. The van der Waals surface area contributed by atoms with Gasteiger partial charge < -0.3 is 16.5 Å². The van der Waals surface area contributed by atoms with Crippen LogP contribution in [0.25, 0.3) is 28.0 Å². The number of nitrogens with zero attached hydrogens (tertiary/aromatic N) is 3. The van der Waals surface area contributed by atoms with Crippen molar-refractivity contribution >= 4 is 39.6 Å². The molecule has 43 heavy (non-hydrogen) atoms. The highest BCUT2D eigenvalue weighted by molar-refractivity contribution is 8.13. The number of hydrogen-bond acceptors (Lipinski definition) is 6. The monoisotopic (exact) mass is 623 g/mol. The van der Waals surface area contributed by atoms with Gasteiger partial charge in [-0.05, 0) is 100.0 Å². The van der Waals surface area contributed by atoms with Gasteiger partial charge >= 0.3 is 5.69 Å². The van der Waals surface area contributed by atoms with Gasteiger partial charge in [0.15, 0.2) is 11.0 Å². The molecule has 0 amide bonds. The molecule has 0 unspecified atom stereocenters. The molecule has 2 aromatic carbocycles. The highest BCUT2D eigenvalue weighted by Gasteiger charge is 2.23. The second-order valence-electron chi connectivity index (χ2n) is 11.4. The van der Waals surface area contributed by atoms with E-state index in [1.807, 2.05) is 19.1 Å². The number of thioether (sulfide) groups is 1. The van der Waals surface area contributed by atoms with E-state index in [0.29, 0.717) is 28.3 Å². The molecule has 0 saturated carbocycles. The van der Waals surface area contributed by atoms with Crippen LogP contribution in [0.4, 0.5) is 4.39 Å². The van der Waals surface area contributed by atoms with Crippen LogP contribution in [0, 0.1) is 11.2 Å². The van der Waals surface area contributed by atoms with Gasteiger partial charge in [-0.3, -0.25) is 14.9 Å². The lowest BCUT2D eigenvalue weighted by atomic mass is 9.95. The number of aromatic amines is 1. The third kappa shape index (κ3) is 7.67. The third-order valence-corrected chi connectivity index (χ3v) is 9.11. The van der Waals surface area contributed by atoms with Gasteiger partial charge in [0.25, 0.3) is 0 Å². The molecule has 11 heteroatoms. The molecule has 1 aliphatic heterocycles. The van der Waals surface area contributed by atoms with Crippen LogP contribution in [0.1, 0.15) is 62.6 Å². The van der Waals surface area contributed by atoms with E-state index >= 15 is 4.39 Å². The lowest BCUT2D eigenvalue weighted by Gasteiger charge is -2.36. The van der Waals surface area contributed by atoms with Gasteiger partial charge in [0, 0.05) is 35.0 Å². The van der Waals surface area contributed by atoms with Gasteiger partial charge in [-0.25, -0.2) is 9.18 Å². The Labute approximate surface area is 260 Å². The maximum Gasteiger partial charge on any atom is 0.354 e. The first-order chi connectivity index (χ1) is 20.7.